The van der Waals surface area contributed by atoms with E-state index in [1.165, 1.54) is 29.9 Å². The first-order chi connectivity index (χ1) is 16.2. The van der Waals surface area contributed by atoms with Crippen LogP contribution in [0, 0.1) is 19.7 Å². The lowest BCUT2D eigenvalue weighted by molar-refractivity contribution is 0.0997. The van der Waals surface area contributed by atoms with Gasteiger partial charge in [0.1, 0.15) is 5.82 Å². The lowest BCUT2D eigenvalue weighted by Crippen LogP contribution is -2.30. The van der Waals surface area contributed by atoms with Crippen molar-refractivity contribution in [2.45, 2.75) is 44.4 Å². The molecule has 0 amide bonds. The molecule has 1 aromatic heterocycles. The van der Waals surface area contributed by atoms with E-state index in [1.54, 1.807) is 11.4 Å². The first kappa shape index (κ1) is 24.7. The van der Waals surface area contributed by atoms with Crippen molar-refractivity contribution in [1.29, 1.82) is 0 Å². The van der Waals surface area contributed by atoms with Gasteiger partial charge in [-0.05, 0) is 91.6 Å². The van der Waals surface area contributed by atoms with Crippen LogP contribution in [-0.2, 0) is 16.4 Å². The van der Waals surface area contributed by atoms with Crippen molar-refractivity contribution in [3.8, 4) is 0 Å². The molecule has 0 radical (unpaired) electrons. The third-order valence-electron chi connectivity index (χ3n) is 6.15. The van der Waals surface area contributed by atoms with Crippen LogP contribution in [0.2, 0.25) is 5.02 Å². The zero-order valence-electron chi connectivity index (χ0n) is 19.0. The Morgan fingerprint density at radius 1 is 1.12 bits per heavy atom. The molecule has 1 fully saturated rings. The number of anilines is 2. The van der Waals surface area contributed by atoms with Gasteiger partial charge in [0, 0.05) is 19.5 Å². The smallest absolute Gasteiger partial charge is 0.261 e. The fraction of sp³-hybridized carbons (Fsp3) is 0.320. The molecule has 3 aromatic rings. The summed E-state index contributed by atoms with van der Waals surface area (Å²) < 4.78 is 41.2. The first-order valence-electron chi connectivity index (χ1n) is 11.1. The summed E-state index contributed by atoms with van der Waals surface area (Å²) in [4.78, 5) is 15.9. The van der Waals surface area contributed by atoms with Gasteiger partial charge in [-0.1, -0.05) is 11.6 Å². The van der Waals surface area contributed by atoms with Gasteiger partial charge in [0.2, 0.25) is 0 Å². The van der Waals surface area contributed by atoms with Crippen molar-refractivity contribution in [3.63, 3.8) is 0 Å². The number of nitrogens with zero attached hydrogens (tertiary/aromatic N) is 1. The van der Waals surface area contributed by atoms with Gasteiger partial charge in [-0.25, -0.2) is 12.8 Å². The number of aryl methyl sites for hydroxylation is 1. The maximum Gasteiger partial charge on any atom is 0.261 e. The van der Waals surface area contributed by atoms with E-state index < -0.39 is 15.8 Å². The van der Waals surface area contributed by atoms with E-state index in [-0.39, 0.29) is 22.8 Å². The number of rotatable bonds is 7. The number of benzene rings is 2. The Labute approximate surface area is 208 Å². The molecule has 0 atom stereocenters. The Hall–Kier alpha value is -2.42. The average Bonchev–Trinajstić information content (AvgIpc) is 3.25. The van der Waals surface area contributed by atoms with E-state index in [1.807, 2.05) is 19.9 Å². The molecular weight excluding hydrogens is 495 g/mol. The van der Waals surface area contributed by atoms with E-state index in [9.17, 15) is 17.6 Å². The zero-order chi connectivity index (χ0) is 24.5. The van der Waals surface area contributed by atoms with Gasteiger partial charge in [-0.15, -0.1) is 11.3 Å². The molecule has 2 aromatic carbocycles. The molecular formula is C25H26ClFN2O3S2. The molecule has 0 spiro atoms. The van der Waals surface area contributed by atoms with Crippen molar-refractivity contribution in [2.75, 3.05) is 22.7 Å². The second-order valence-corrected chi connectivity index (χ2v) is 11.5. The van der Waals surface area contributed by atoms with E-state index in [2.05, 4.69) is 9.62 Å². The highest BCUT2D eigenvalue weighted by Crippen LogP contribution is 2.37. The molecule has 5 nitrogen and oxygen atoms in total. The van der Waals surface area contributed by atoms with Crippen LogP contribution in [-0.4, -0.2) is 27.3 Å². The van der Waals surface area contributed by atoms with E-state index in [4.69, 9.17) is 11.6 Å². The average molecular weight is 521 g/mol. The Bertz CT molecular complexity index is 1310. The maximum atomic E-state index is 13.3. The first-order valence-corrected chi connectivity index (χ1v) is 13.8. The number of carbonyl (C=O) groups is 1. The third-order valence-corrected chi connectivity index (χ3v) is 8.77. The van der Waals surface area contributed by atoms with Crippen molar-refractivity contribution in [3.05, 3.63) is 74.2 Å². The molecule has 34 heavy (non-hydrogen) atoms. The van der Waals surface area contributed by atoms with Crippen molar-refractivity contribution in [2.24, 2.45) is 0 Å². The lowest BCUT2D eigenvalue weighted by atomic mass is 9.94. The van der Waals surface area contributed by atoms with Gasteiger partial charge >= 0.3 is 0 Å². The van der Waals surface area contributed by atoms with Crippen LogP contribution < -0.4 is 9.62 Å². The van der Waals surface area contributed by atoms with Crippen LogP contribution in [0.4, 0.5) is 15.8 Å². The van der Waals surface area contributed by atoms with Gasteiger partial charge in [0.05, 0.1) is 26.2 Å². The number of halogens is 2. The fourth-order valence-electron chi connectivity index (χ4n) is 4.40. The number of Topliss-reactive ketones (excluding diaryl/α,β-unsaturated/α-hetero) is 1. The van der Waals surface area contributed by atoms with Crippen LogP contribution in [0.1, 0.15) is 45.6 Å². The van der Waals surface area contributed by atoms with Crippen LogP contribution in [0.15, 0.2) is 46.7 Å². The van der Waals surface area contributed by atoms with Crippen molar-refractivity contribution in [1.82, 2.24) is 0 Å². The van der Waals surface area contributed by atoms with E-state index in [0.717, 1.165) is 60.4 Å². The third kappa shape index (κ3) is 5.14. The molecule has 1 N–H and O–H groups in total. The topological polar surface area (TPSA) is 66.5 Å². The SMILES string of the molecule is Cc1cc(Cl)c(N2CCCCC2)c(C)c1CC(=O)c1sccc1NS(=O)(=O)c1ccc(F)cc1. The summed E-state index contributed by atoms with van der Waals surface area (Å²) in [7, 11) is -3.96. The van der Waals surface area contributed by atoms with Gasteiger partial charge < -0.3 is 4.90 Å². The minimum atomic E-state index is -3.96. The van der Waals surface area contributed by atoms with Crippen LogP contribution in [0.5, 0.6) is 0 Å². The molecule has 1 saturated heterocycles. The van der Waals surface area contributed by atoms with Gasteiger partial charge in [-0.3, -0.25) is 9.52 Å². The molecule has 1 aliphatic rings. The summed E-state index contributed by atoms with van der Waals surface area (Å²) >= 11 is 7.81. The van der Waals surface area contributed by atoms with Gasteiger partial charge in [0.25, 0.3) is 10.0 Å². The van der Waals surface area contributed by atoms with Gasteiger partial charge in [-0.2, -0.15) is 0 Å². The Balaban J connectivity index is 1.60. The van der Waals surface area contributed by atoms with Crippen LogP contribution >= 0.6 is 22.9 Å². The Morgan fingerprint density at radius 2 is 1.79 bits per heavy atom. The minimum absolute atomic E-state index is 0.0749. The van der Waals surface area contributed by atoms with Crippen LogP contribution in [0.3, 0.4) is 0 Å². The number of carbonyl (C=O) groups excluding carboxylic acids is 1. The Morgan fingerprint density at radius 3 is 2.47 bits per heavy atom. The molecule has 0 unspecified atom stereocenters. The molecule has 4 rings (SSSR count). The molecule has 0 aliphatic carbocycles. The van der Waals surface area contributed by atoms with Gasteiger partial charge in [0.15, 0.2) is 5.78 Å². The lowest BCUT2D eigenvalue weighted by Gasteiger charge is -2.32. The summed E-state index contributed by atoms with van der Waals surface area (Å²) in [5, 5.41) is 2.37. The zero-order valence-corrected chi connectivity index (χ0v) is 21.4. The summed E-state index contributed by atoms with van der Waals surface area (Å²) in [5.41, 5.74) is 4.04. The quantitative estimate of drug-likeness (QED) is 0.367. The van der Waals surface area contributed by atoms with Crippen LogP contribution in [0.25, 0.3) is 0 Å². The number of piperidine rings is 1. The van der Waals surface area contributed by atoms with Crippen molar-refractivity contribution < 1.29 is 17.6 Å². The standard InChI is InChI=1S/C25H26ClFN2O3S2/c1-16-14-21(26)24(29-11-4-3-5-12-29)17(2)20(16)15-23(30)25-22(10-13-33-25)28-34(31,32)19-8-6-18(27)7-9-19/h6-10,13-14,28H,3-5,11-12,15H2,1-2H3. The molecule has 2 heterocycles. The van der Waals surface area contributed by atoms with E-state index in [0.29, 0.717) is 9.90 Å². The second-order valence-electron chi connectivity index (χ2n) is 8.50. The number of thiophene rings is 1. The monoisotopic (exact) mass is 520 g/mol. The Kier molecular flexibility index (Phi) is 7.31. The summed E-state index contributed by atoms with van der Waals surface area (Å²) in [6, 6.07) is 8.02. The molecule has 0 bridgehead atoms. The number of hydrogen-bond acceptors (Lipinski definition) is 5. The predicted octanol–water partition coefficient (Wildman–Crippen LogP) is 6.37. The predicted molar refractivity (Wildman–Crippen MR) is 137 cm³/mol. The largest absolute Gasteiger partial charge is 0.370 e. The number of hydrogen-bond donors (Lipinski definition) is 1. The number of ketones is 1. The highest BCUT2D eigenvalue weighted by Gasteiger charge is 2.24. The molecule has 9 heteroatoms. The summed E-state index contributed by atoms with van der Waals surface area (Å²) in [6.07, 6.45) is 3.58. The maximum absolute atomic E-state index is 13.3. The molecule has 180 valence electrons. The molecule has 1 aliphatic heterocycles. The normalized spacial score (nSPS) is 14.3. The van der Waals surface area contributed by atoms with Crippen molar-refractivity contribution >= 4 is 50.1 Å². The second kappa shape index (κ2) is 10.1. The molecule has 0 saturated carbocycles. The number of nitrogens with one attached hydrogen (secondary N) is 1. The highest BCUT2D eigenvalue weighted by molar-refractivity contribution is 7.92. The summed E-state index contributed by atoms with van der Waals surface area (Å²) in [5.74, 6) is -0.701. The van der Waals surface area contributed by atoms with E-state index >= 15 is 0 Å². The fourth-order valence-corrected chi connectivity index (χ4v) is 6.76. The highest BCUT2D eigenvalue weighted by atomic mass is 35.5. The minimum Gasteiger partial charge on any atom is -0.370 e. The number of sulfonamides is 1. The summed E-state index contributed by atoms with van der Waals surface area (Å²) in [6.45, 7) is 5.82.